The Morgan fingerprint density at radius 1 is 1.27 bits per heavy atom. The Bertz CT molecular complexity index is 909. The van der Waals surface area contributed by atoms with Gasteiger partial charge in [-0.25, -0.2) is 9.37 Å². The van der Waals surface area contributed by atoms with E-state index in [-0.39, 0.29) is 17.6 Å². The van der Waals surface area contributed by atoms with Crippen molar-refractivity contribution in [2.75, 3.05) is 27.2 Å². The summed E-state index contributed by atoms with van der Waals surface area (Å²) in [6.07, 6.45) is 5.33. The lowest BCUT2D eigenvalue weighted by Crippen LogP contribution is -2.30. The topological polar surface area (TPSA) is 97.3 Å². The lowest BCUT2D eigenvalue weighted by molar-refractivity contribution is -0.121. The third-order valence-electron chi connectivity index (χ3n) is 4.71. The average molecular weight is 415 g/mol. The largest absolute Gasteiger partial charge is 0.444 e. The van der Waals surface area contributed by atoms with Gasteiger partial charge in [0.1, 0.15) is 12.1 Å². The Kier molecular flexibility index (Phi) is 7.67. The number of nitrogens with one attached hydrogen (secondary N) is 1. The van der Waals surface area contributed by atoms with Crippen LogP contribution in [0.2, 0.25) is 0 Å². The molecular weight excluding hydrogens is 389 g/mol. The quantitative estimate of drug-likeness (QED) is 0.514. The van der Waals surface area contributed by atoms with Crippen LogP contribution in [0.5, 0.6) is 0 Å². The maximum Gasteiger partial charge on any atom is 0.226 e. The van der Waals surface area contributed by atoms with E-state index < -0.39 is 0 Å². The van der Waals surface area contributed by atoms with Gasteiger partial charge < -0.3 is 19.2 Å². The Morgan fingerprint density at radius 3 is 2.77 bits per heavy atom. The van der Waals surface area contributed by atoms with Crippen molar-refractivity contribution in [2.24, 2.45) is 0 Å². The summed E-state index contributed by atoms with van der Waals surface area (Å²) >= 11 is 0. The number of carbonyl (C=O) groups excluding carboxylic acids is 1. The van der Waals surface area contributed by atoms with Gasteiger partial charge in [-0.2, -0.15) is 4.98 Å². The Labute approximate surface area is 174 Å². The first kappa shape index (κ1) is 21.6. The molecule has 0 aliphatic carbocycles. The minimum Gasteiger partial charge on any atom is -0.444 e. The number of oxazole rings is 1. The number of hydrogen-bond donors (Lipinski definition) is 1. The molecule has 0 bridgehead atoms. The Hall–Kier alpha value is -3.07. The van der Waals surface area contributed by atoms with Gasteiger partial charge in [-0.05, 0) is 57.7 Å². The Balaban J connectivity index is 1.57. The Morgan fingerprint density at radius 2 is 2.07 bits per heavy atom. The van der Waals surface area contributed by atoms with Crippen LogP contribution >= 0.6 is 0 Å². The number of carbonyl (C=O) groups is 1. The van der Waals surface area contributed by atoms with Gasteiger partial charge in [-0.15, -0.1) is 0 Å². The molecule has 1 N–H and O–H groups in total. The van der Waals surface area contributed by atoms with Gasteiger partial charge in [-0.1, -0.05) is 5.16 Å². The second kappa shape index (κ2) is 10.6. The predicted molar refractivity (Wildman–Crippen MR) is 108 cm³/mol. The van der Waals surface area contributed by atoms with Crippen molar-refractivity contribution in [3.05, 3.63) is 54.3 Å². The normalized spacial score (nSPS) is 12.3. The van der Waals surface area contributed by atoms with E-state index in [0.29, 0.717) is 43.1 Å². The number of aryl methyl sites for hydroxylation is 1. The van der Waals surface area contributed by atoms with E-state index in [9.17, 15) is 9.18 Å². The molecule has 1 atom stereocenters. The highest BCUT2D eigenvalue weighted by molar-refractivity contribution is 5.75. The van der Waals surface area contributed by atoms with E-state index in [4.69, 9.17) is 4.42 Å². The molecule has 0 fully saturated rings. The molecule has 0 saturated carbocycles. The summed E-state index contributed by atoms with van der Waals surface area (Å²) in [5.74, 6) is 0.701. The van der Waals surface area contributed by atoms with E-state index in [2.05, 4.69) is 29.9 Å². The second-order valence-corrected chi connectivity index (χ2v) is 7.38. The molecule has 9 heteroatoms. The molecule has 1 unspecified atom stereocenters. The van der Waals surface area contributed by atoms with E-state index in [0.717, 1.165) is 18.7 Å². The number of halogens is 1. The van der Waals surface area contributed by atoms with Crippen LogP contribution in [0.25, 0.3) is 11.5 Å². The zero-order valence-electron chi connectivity index (χ0n) is 17.2. The van der Waals surface area contributed by atoms with Crippen LogP contribution in [-0.2, 0) is 11.2 Å². The first-order chi connectivity index (χ1) is 14.5. The molecule has 3 aromatic rings. The zero-order valence-corrected chi connectivity index (χ0v) is 17.2. The summed E-state index contributed by atoms with van der Waals surface area (Å²) in [7, 11) is 4.00. The smallest absolute Gasteiger partial charge is 0.226 e. The summed E-state index contributed by atoms with van der Waals surface area (Å²) in [4.78, 5) is 22.8. The second-order valence-electron chi connectivity index (χ2n) is 7.38. The number of amides is 1. The van der Waals surface area contributed by atoms with Crippen molar-refractivity contribution in [3.8, 4) is 11.5 Å². The highest BCUT2D eigenvalue weighted by Crippen LogP contribution is 2.24. The van der Waals surface area contributed by atoms with E-state index in [1.165, 1.54) is 18.5 Å². The summed E-state index contributed by atoms with van der Waals surface area (Å²) in [5.41, 5.74) is 1.47. The molecule has 160 valence electrons. The first-order valence-electron chi connectivity index (χ1n) is 9.89. The molecule has 0 spiro atoms. The third-order valence-corrected chi connectivity index (χ3v) is 4.71. The number of hydrogen-bond acceptors (Lipinski definition) is 7. The van der Waals surface area contributed by atoms with Gasteiger partial charge in [0, 0.05) is 30.9 Å². The SMILES string of the molecule is CN(C)CCC(CNC(=O)CCCc1ncon1)c1coc(-c2ccc(F)cc2)n1. The summed E-state index contributed by atoms with van der Waals surface area (Å²) in [6, 6.07) is 6.01. The van der Waals surface area contributed by atoms with Crippen molar-refractivity contribution in [1.29, 1.82) is 0 Å². The predicted octanol–water partition coefficient (Wildman–Crippen LogP) is 3.04. The lowest BCUT2D eigenvalue weighted by atomic mass is 10.0. The standard InChI is InChI=1S/C21H26FN5O3/c1-27(2)11-10-16(12-23-20(28)5-3-4-19-24-14-30-26-19)18-13-29-21(25-18)15-6-8-17(22)9-7-15/h6-9,13-14,16H,3-5,10-12H2,1-2H3,(H,23,28). The van der Waals surface area contributed by atoms with Crippen molar-refractivity contribution in [1.82, 2.24) is 25.3 Å². The highest BCUT2D eigenvalue weighted by atomic mass is 19.1. The van der Waals surface area contributed by atoms with Crippen LogP contribution < -0.4 is 5.32 Å². The van der Waals surface area contributed by atoms with Crippen LogP contribution in [0.15, 0.2) is 45.9 Å². The van der Waals surface area contributed by atoms with Crippen molar-refractivity contribution < 1.29 is 18.1 Å². The zero-order chi connectivity index (χ0) is 21.3. The fourth-order valence-corrected chi connectivity index (χ4v) is 3.00. The number of benzene rings is 1. The number of rotatable bonds is 11. The molecule has 0 saturated heterocycles. The molecule has 1 aromatic carbocycles. The molecule has 0 aliphatic heterocycles. The van der Waals surface area contributed by atoms with Gasteiger partial charge >= 0.3 is 0 Å². The van der Waals surface area contributed by atoms with Crippen LogP contribution in [0.3, 0.4) is 0 Å². The minimum atomic E-state index is -0.309. The fourth-order valence-electron chi connectivity index (χ4n) is 3.00. The molecule has 8 nitrogen and oxygen atoms in total. The average Bonchev–Trinajstić information content (AvgIpc) is 3.41. The van der Waals surface area contributed by atoms with Gasteiger partial charge in [0.05, 0.1) is 5.69 Å². The minimum absolute atomic E-state index is 0.00602. The number of aromatic nitrogens is 3. The van der Waals surface area contributed by atoms with Gasteiger partial charge in [-0.3, -0.25) is 4.79 Å². The molecular formula is C21H26FN5O3. The van der Waals surface area contributed by atoms with Crippen LogP contribution in [-0.4, -0.2) is 53.1 Å². The summed E-state index contributed by atoms with van der Waals surface area (Å²) in [6.45, 7) is 1.31. The molecule has 30 heavy (non-hydrogen) atoms. The van der Waals surface area contributed by atoms with Crippen LogP contribution in [0, 0.1) is 5.82 Å². The van der Waals surface area contributed by atoms with Crippen molar-refractivity contribution >= 4 is 5.91 Å². The van der Waals surface area contributed by atoms with Gasteiger partial charge in [0.2, 0.25) is 18.2 Å². The van der Waals surface area contributed by atoms with E-state index in [1.807, 2.05) is 14.1 Å². The maximum absolute atomic E-state index is 13.1. The first-order valence-corrected chi connectivity index (χ1v) is 9.89. The monoisotopic (exact) mass is 415 g/mol. The molecule has 2 aromatic heterocycles. The van der Waals surface area contributed by atoms with Gasteiger partial charge in [0.15, 0.2) is 5.82 Å². The summed E-state index contributed by atoms with van der Waals surface area (Å²) < 4.78 is 23.4. The van der Waals surface area contributed by atoms with Crippen LogP contribution in [0.4, 0.5) is 4.39 Å². The van der Waals surface area contributed by atoms with E-state index >= 15 is 0 Å². The number of nitrogens with zero attached hydrogens (tertiary/aromatic N) is 4. The molecule has 0 aliphatic rings. The summed E-state index contributed by atoms with van der Waals surface area (Å²) in [5, 5.41) is 6.73. The molecule has 3 rings (SSSR count). The lowest BCUT2D eigenvalue weighted by Gasteiger charge is -2.18. The highest BCUT2D eigenvalue weighted by Gasteiger charge is 2.18. The fraction of sp³-hybridized carbons (Fsp3) is 0.429. The molecule has 0 radical (unpaired) electrons. The van der Waals surface area contributed by atoms with E-state index in [1.54, 1.807) is 18.4 Å². The third kappa shape index (κ3) is 6.48. The molecule has 1 amide bonds. The van der Waals surface area contributed by atoms with Crippen molar-refractivity contribution in [3.63, 3.8) is 0 Å². The van der Waals surface area contributed by atoms with Crippen LogP contribution in [0.1, 0.15) is 36.7 Å². The molecule has 2 heterocycles. The maximum atomic E-state index is 13.1. The van der Waals surface area contributed by atoms with Gasteiger partial charge in [0.25, 0.3) is 0 Å². The van der Waals surface area contributed by atoms with Crippen molar-refractivity contribution in [2.45, 2.75) is 31.6 Å².